The first-order valence-corrected chi connectivity index (χ1v) is 10.2. The molecule has 3 aromatic heterocycles. The van der Waals surface area contributed by atoms with Crippen LogP contribution in [0.1, 0.15) is 68.9 Å². The van der Waals surface area contributed by atoms with Gasteiger partial charge >= 0.3 is 0 Å². The van der Waals surface area contributed by atoms with Crippen LogP contribution < -0.4 is 4.90 Å². The molecule has 0 aromatic carbocycles. The van der Waals surface area contributed by atoms with Crippen molar-refractivity contribution in [1.82, 2.24) is 24.7 Å². The minimum absolute atomic E-state index is 0.331. The SMILES string of the molecule is CCCCn1nc(C(C)O)nc1C1CCN(c2nc3nc(C)ccc3o2)CC1. The largest absolute Gasteiger partial charge is 0.422 e. The van der Waals surface area contributed by atoms with E-state index in [0.717, 1.165) is 62.4 Å². The van der Waals surface area contributed by atoms with Gasteiger partial charge in [0.1, 0.15) is 11.9 Å². The Balaban J connectivity index is 1.48. The second-order valence-electron chi connectivity index (χ2n) is 7.61. The lowest BCUT2D eigenvalue weighted by Crippen LogP contribution is -2.34. The molecular formula is C20H28N6O2. The molecule has 1 N–H and O–H groups in total. The van der Waals surface area contributed by atoms with E-state index >= 15 is 0 Å². The first kappa shape index (κ1) is 18.9. The zero-order chi connectivity index (χ0) is 19.7. The normalized spacial score (nSPS) is 16.8. The van der Waals surface area contributed by atoms with Gasteiger partial charge < -0.3 is 14.4 Å². The zero-order valence-electron chi connectivity index (χ0n) is 16.8. The fourth-order valence-electron chi connectivity index (χ4n) is 3.69. The summed E-state index contributed by atoms with van der Waals surface area (Å²) < 4.78 is 7.90. The van der Waals surface area contributed by atoms with Gasteiger partial charge in [-0.25, -0.2) is 14.6 Å². The Morgan fingerprint density at radius 2 is 2.00 bits per heavy atom. The Morgan fingerprint density at radius 3 is 2.71 bits per heavy atom. The third-order valence-corrected chi connectivity index (χ3v) is 5.33. The average molecular weight is 384 g/mol. The number of oxazole rings is 1. The van der Waals surface area contributed by atoms with Crippen LogP contribution in [0.3, 0.4) is 0 Å². The van der Waals surface area contributed by atoms with Crippen LogP contribution in [0, 0.1) is 6.92 Å². The number of anilines is 1. The van der Waals surface area contributed by atoms with Crippen LogP contribution >= 0.6 is 0 Å². The van der Waals surface area contributed by atoms with Crippen molar-refractivity contribution in [2.24, 2.45) is 0 Å². The van der Waals surface area contributed by atoms with E-state index in [-0.39, 0.29) is 0 Å². The fourth-order valence-corrected chi connectivity index (χ4v) is 3.69. The number of hydrogen-bond acceptors (Lipinski definition) is 7. The highest BCUT2D eigenvalue weighted by Gasteiger charge is 2.28. The van der Waals surface area contributed by atoms with Gasteiger partial charge in [0.05, 0.1) is 0 Å². The predicted molar refractivity (Wildman–Crippen MR) is 106 cm³/mol. The van der Waals surface area contributed by atoms with Crippen LogP contribution in [0.15, 0.2) is 16.5 Å². The molecule has 8 nitrogen and oxygen atoms in total. The second-order valence-corrected chi connectivity index (χ2v) is 7.61. The Bertz CT molecular complexity index is 939. The van der Waals surface area contributed by atoms with Crippen LogP contribution in [0.2, 0.25) is 0 Å². The zero-order valence-corrected chi connectivity index (χ0v) is 16.8. The average Bonchev–Trinajstić information content (AvgIpc) is 3.30. The Hall–Kier alpha value is -2.48. The summed E-state index contributed by atoms with van der Waals surface area (Å²) in [4.78, 5) is 15.8. The number of aliphatic hydroxyl groups excluding tert-OH is 1. The van der Waals surface area contributed by atoms with Gasteiger partial charge in [-0.3, -0.25) is 0 Å². The molecule has 1 unspecified atom stereocenters. The minimum Gasteiger partial charge on any atom is -0.422 e. The van der Waals surface area contributed by atoms with Crippen molar-refractivity contribution in [1.29, 1.82) is 0 Å². The number of nitrogens with zero attached hydrogens (tertiary/aromatic N) is 6. The number of aromatic nitrogens is 5. The molecule has 4 rings (SSSR count). The van der Waals surface area contributed by atoms with E-state index in [1.54, 1.807) is 6.92 Å². The molecule has 0 spiro atoms. The summed E-state index contributed by atoms with van der Waals surface area (Å²) in [6.45, 7) is 8.38. The molecule has 1 aliphatic rings. The number of aryl methyl sites for hydroxylation is 2. The first-order valence-electron chi connectivity index (χ1n) is 10.2. The molecule has 150 valence electrons. The monoisotopic (exact) mass is 384 g/mol. The number of pyridine rings is 1. The number of rotatable bonds is 6. The van der Waals surface area contributed by atoms with E-state index in [9.17, 15) is 5.11 Å². The third-order valence-electron chi connectivity index (χ3n) is 5.33. The van der Waals surface area contributed by atoms with Crippen molar-refractivity contribution in [3.05, 3.63) is 29.5 Å². The lowest BCUT2D eigenvalue weighted by Gasteiger charge is -2.30. The van der Waals surface area contributed by atoms with Gasteiger partial charge in [0.25, 0.3) is 6.01 Å². The van der Waals surface area contributed by atoms with Crippen LogP contribution in [0.5, 0.6) is 0 Å². The van der Waals surface area contributed by atoms with Crippen molar-refractivity contribution in [3.63, 3.8) is 0 Å². The Morgan fingerprint density at radius 1 is 1.21 bits per heavy atom. The summed E-state index contributed by atoms with van der Waals surface area (Å²) in [6.07, 6.45) is 3.43. The maximum absolute atomic E-state index is 9.89. The topological polar surface area (TPSA) is 93.1 Å². The summed E-state index contributed by atoms with van der Waals surface area (Å²) in [5.74, 6) is 1.85. The van der Waals surface area contributed by atoms with Gasteiger partial charge in [-0.1, -0.05) is 13.3 Å². The molecule has 3 aromatic rings. The third kappa shape index (κ3) is 3.73. The van der Waals surface area contributed by atoms with E-state index < -0.39 is 6.10 Å². The smallest absolute Gasteiger partial charge is 0.299 e. The highest BCUT2D eigenvalue weighted by atomic mass is 16.4. The molecule has 1 saturated heterocycles. The molecule has 1 aliphatic heterocycles. The van der Waals surface area contributed by atoms with Gasteiger partial charge in [0, 0.05) is 31.2 Å². The van der Waals surface area contributed by atoms with Crippen molar-refractivity contribution in [2.45, 2.75) is 65.0 Å². The lowest BCUT2D eigenvalue weighted by molar-refractivity contribution is 0.188. The van der Waals surface area contributed by atoms with Crippen molar-refractivity contribution in [3.8, 4) is 0 Å². The van der Waals surface area contributed by atoms with Crippen LogP contribution in [-0.4, -0.2) is 42.9 Å². The van der Waals surface area contributed by atoms with Gasteiger partial charge in [-0.2, -0.15) is 10.1 Å². The van der Waals surface area contributed by atoms with E-state index in [1.165, 1.54) is 0 Å². The van der Waals surface area contributed by atoms with E-state index in [4.69, 9.17) is 4.42 Å². The van der Waals surface area contributed by atoms with Gasteiger partial charge in [-0.05, 0) is 45.2 Å². The lowest BCUT2D eigenvalue weighted by atomic mass is 9.96. The summed E-state index contributed by atoms with van der Waals surface area (Å²) in [5, 5.41) is 14.4. The highest BCUT2D eigenvalue weighted by molar-refractivity contribution is 5.70. The quantitative estimate of drug-likeness (QED) is 0.696. The van der Waals surface area contributed by atoms with Gasteiger partial charge in [0.15, 0.2) is 11.4 Å². The number of piperidine rings is 1. The van der Waals surface area contributed by atoms with Gasteiger partial charge in [0.2, 0.25) is 5.65 Å². The molecule has 4 heterocycles. The predicted octanol–water partition coefficient (Wildman–Crippen LogP) is 3.36. The van der Waals surface area contributed by atoms with Crippen molar-refractivity contribution in [2.75, 3.05) is 18.0 Å². The molecule has 1 atom stereocenters. The maximum Gasteiger partial charge on any atom is 0.299 e. The summed E-state index contributed by atoms with van der Waals surface area (Å²) in [5.41, 5.74) is 2.33. The van der Waals surface area contributed by atoms with E-state index in [2.05, 4.69) is 31.9 Å². The highest BCUT2D eigenvalue weighted by Crippen LogP contribution is 2.31. The Kier molecular flexibility index (Phi) is 5.30. The number of fused-ring (bicyclic) bond motifs is 1. The maximum atomic E-state index is 9.89. The van der Waals surface area contributed by atoms with Crippen LogP contribution in [0.25, 0.3) is 11.2 Å². The summed E-state index contributed by atoms with van der Waals surface area (Å²) >= 11 is 0. The molecule has 1 fully saturated rings. The Labute approximate surface area is 164 Å². The summed E-state index contributed by atoms with van der Waals surface area (Å²) in [6, 6.07) is 4.50. The molecule has 0 bridgehead atoms. The van der Waals surface area contributed by atoms with Crippen molar-refractivity contribution >= 4 is 17.2 Å². The van der Waals surface area contributed by atoms with Crippen LogP contribution in [0.4, 0.5) is 6.01 Å². The number of hydrogen-bond donors (Lipinski definition) is 1. The van der Waals surface area contributed by atoms with E-state index in [0.29, 0.717) is 23.4 Å². The molecule has 28 heavy (non-hydrogen) atoms. The second kappa shape index (κ2) is 7.87. The summed E-state index contributed by atoms with van der Waals surface area (Å²) in [7, 11) is 0. The van der Waals surface area contributed by atoms with Crippen molar-refractivity contribution < 1.29 is 9.52 Å². The number of aliphatic hydroxyl groups is 1. The molecular weight excluding hydrogens is 356 g/mol. The number of unbranched alkanes of at least 4 members (excludes halogenated alkanes) is 1. The fraction of sp³-hybridized carbons (Fsp3) is 0.600. The molecule has 0 aliphatic carbocycles. The molecule has 0 amide bonds. The molecule has 0 radical (unpaired) electrons. The first-order chi connectivity index (χ1) is 13.5. The standard InChI is InChI=1S/C20H28N6O2/c1-4-5-10-26-19(22-17(24-26)14(3)27)15-8-11-25(12-9-15)20-23-18-16(28-20)7-6-13(2)21-18/h6-7,14-15,27H,4-5,8-12H2,1-3H3. The van der Waals surface area contributed by atoms with Gasteiger partial charge in [-0.15, -0.1) is 0 Å². The minimum atomic E-state index is -0.641. The molecule has 8 heteroatoms. The van der Waals surface area contributed by atoms with Crippen LogP contribution in [-0.2, 0) is 6.54 Å². The molecule has 0 saturated carbocycles. The van der Waals surface area contributed by atoms with E-state index in [1.807, 2.05) is 23.7 Å².